The molecule has 12 amide bonds. The van der Waals surface area contributed by atoms with Crippen LogP contribution in [0.4, 0.5) is 19.2 Å². The first-order valence-corrected chi connectivity index (χ1v) is 29.6. The third-order valence-corrected chi connectivity index (χ3v) is 17.8. The Morgan fingerprint density at radius 3 is 1.25 bits per heavy atom. The Morgan fingerprint density at radius 2 is 0.831 bits per heavy atom. The second-order valence-corrected chi connectivity index (χ2v) is 25.9. The van der Waals surface area contributed by atoms with Crippen LogP contribution in [0.1, 0.15) is 88.5 Å². The van der Waals surface area contributed by atoms with Gasteiger partial charge in [-0.1, -0.05) is 13.8 Å². The maximum Gasteiger partial charge on any atom is 0.326 e. The molecule has 6 aliphatic heterocycles. The van der Waals surface area contributed by atoms with Crippen LogP contribution in [0.25, 0.3) is 0 Å². The summed E-state index contributed by atoms with van der Waals surface area (Å²) in [5.74, 6) is -5.18. The van der Waals surface area contributed by atoms with Gasteiger partial charge < -0.3 is 109 Å². The van der Waals surface area contributed by atoms with E-state index >= 15 is 0 Å². The van der Waals surface area contributed by atoms with Crippen molar-refractivity contribution in [1.29, 1.82) is 0 Å². The number of hydrogen-bond acceptors (Lipinski definition) is 26. The van der Waals surface area contributed by atoms with Crippen LogP contribution >= 0.6 is 0 Å². The number of aliphatic hydroxyl groups is 6. The van der Waals surface area contributed by atoms with Crippen molar-refractivity contribution in [3.05, 3.63) is 0 Å². The summed E-state index contributed by atoms with van der Waals surface area (Å²) in [6.45, 7) is 11.2. The number of carbonyl (C=O) groups excluding carboxylic acids is 8. The van der Waals surface area contributed by atoms with Crippen molar-refractivity contribution < 1.29 is 126 Å². The molecule has 14 unspecified atom stereocenters. The summed E-state index contributed by atoms with van der Waals surface area (Å²) in [4.78, 5) is 106. The first-order valence-electron chi connectivity index (χ1n) is 29.6. The lowest BCUT2D eigenvalue weighted by atomic mass is 9.81. The van der Waals surface area contributed by atoms with Crippen LogP contribution in [-0.2, 0) is 76.0 Å². The van der Waals surface area contributed by atoms with Crippen LogP contribution in [-0.4, -0.2) is 292 Å². The third-order valence-electron chi connectivity index (χ3n) is 17.8. The molecule has 0 aromatic heterocycles. The number of amides is 12. The number of nitrogens with zero attached hydrogens (tertiary/aromatic N) is 4. The average molecular weight is 1280 g/mol. The molecule has 504 valence electrons. The Hall–Kier alpha value is -4.96. The maximum atomic E-state index is 13.3. The number of methoxy groups -OCH3 is 2. The van der Waals surface area contributed by atoms with Crippen LogP contribution < -0.4 is 21.3 Å². The highest BCUT2D eigenvalue weighted by Crippen LogP contribution is 2.38. The van der Waals surface area contributed by atoms with Gasteiger partial charge in [0.25, 0.3) is 23.6 Å². The van der Waals surface area contributed by atoms with Gasteiger partial charge in [0.15, 0.2) is 12.6 Å². The van der Waals surface area contributed by atoms with E-state index in [2.05, 4.69) is 21.3 Å². The highest BCUT2D eigenvalue weighted by atomic mass is 16.8. The van der Waals surface area contributed by atoms with Gasteiger partial charge in [0.2, 0.25) is 0 Å². The molecule has 20 atom stereocenters. The second kappa shape index (κ2) is 27.7. The lowest BCUT2D eigenvalue weighted by Gasteiger charge is -2.48. The number of aliphatic hydroxyl groups excluding tert-OH is 6. The SMILES string of the molecule is COC1OC(COCOC2C[C@@H](OCN3C(=O)NC(C)(C)C3=O)[C@@H](O)C(C)[C@@H]2O)C(OC2OC(COCN3C(=O)NC(C)(C)C3=O)C(OC)C(O)C2CCOC2C[C@H](OCN3C(=O)NC(C)(C)C3=O)C(O)[C@H](C)[C@@H]2O)C(O)C1OCN1C(=O)NC(C)(C)C1=O. The Kier molecular flexibility index (Phi) is 21.8. The lowest BCUT2D eigenvalue weighted by Crippen LogP contribution is -2.64. The quantitative estimate of drug-likeness (QED) is 0.0232. The number of rotatable bonds is 26. The summed E-state index contributed by atoms with van der Waals surface area (Å²) in [5.41, 5.74) is -4.91. The molecule has 0 aromatic carbocycles. The molecule has 8 rings (SSSR count). The van der Waals surface area contributed by atoms with Crippen molar-refractivity contribution in [1.82, 2.24) is 40.9 Å². The zero-order valence-electron chi connectivity index (χ0n) is 52.0. The van der Waals surface area contributed by atoms with E-state index in [1.165, 1.54) is 69.6 Å². The van der Waals surface area contributed by atoms with Gasteiger partial charge in [-0.05, 0) is 61.8 Å². The van der Waals surface area contributed by atoms with E-state index in [-0.39, 0.29) is 25.9 Å². The summed E-state index contributed by atoms with van der Waals surface area (Å²) in [7, 11) is 2.52. The molecule has 2 aliphatic carbocycles. The molecule has 8 aliphatic rings. The molecular weight excluding hydrogens is 1190 g/mol. The number of ether oxygens (including phenoxy) is 12. The maximum absolute atomic E-state index is 13.3. The summed E-state index contributed by atoms with van der Waals surface area (Å²) in [6, 6.07) is -2.89. The molecule has 8 fully saturated rings. The van der Waals surface area contributed by atoms with Gasteiger partial charge >= 0.3 is 24.1 Å². The highest BCUT2D eigenvalue weighted by molar-refractivity contribution is 6.08. The molecule has 2 saturated carbocycles. The van der Waals surface area contributed by atoms with Crippen LogP contribution in [0.2, 0.25) is 0 Å². The summed E-state index contributed by atoms with van der Waals surface area (Å²) >= 11 is 0. The van der Waals surface area contributed by atoms with Gasteiger partial charge in [0, 0.05) is 51.4 Å². The number of imide groups is 4. The summed E-state index contributed by atoms with van der Waals surface area (Å²) < 4.78 is 73.2. The Labute approximate surface area is 513 Å². The number of nitrogens with one attached hydrogen (secondary N) is 4. The van der Waals surface area contributed by atoms with Crippen molar-refractivity contribution in [2.75, 3.05) is 67.8 Å². The van der Waals surface area contributed by atoms with E-state index < -0.39 is 239 Å². The molecule has 6 heterocycles. The standard InChI is InChI=1S/C55H88N8O26/c1-24-33(64)27(15-28(34(24)65)83-20-61-45(71)53(5,6)57-49(61)75)82-14-13-26-37(68)39(78-11)31(17-80-19-60-44(70)52(3,4)56-48(60)74)87-42(26)89-40-32(88-43(79-12)41(38(40)69)85-22-63-47(73)55(9,10)59-51(63)77)18-81-23-86-30-16-29(35(66)25(2)36(30)67)84-21-62-46(72)54(7,8)58-50(62)76/h24-43,64-69H,13-23H2,1-12H3,(H,56,74)(H,57,75)(H,58,76)(H,59,77)/t24-,25?,26?,27?,28+,29-,30?,31?,32?,33+,34?,35+,36+,37?,38?,39?,40?,41?,42?,43?/m1/s1. The smallest absolute Gasteiger partial charge is 0.326 e. The van der Waals surface area contributed by atoms with Gasteiger partial charge in [-0.2, -0.15) is 0 Å². The monoisotopic (exact) mass is 1280 g/mol. The minimum atomic E-state index is -1.82. The average Bonchev–Trinajstić information content (AvgIpc) is 2.26. The number of urea groups is 4. The molecule has 0 bridgehead atoms. The van der Waals surface area contributed by atoms with E-state index in [4.69, 9.17) is 56.8 Å². The molecule has 6 saturated heterocycles. The fraction of sp³-hybridized carbons (Fsp3) is 0.855. The third kappa shape index (κ3) is 14.6. The van der Waals surface area contributed by atoms with E-state index in [1.807, 2.05) is 0 Å². The minimum absolute atomic E-state index is 0.117. The topological polar surface area (TPSA) is 430 Å². The van der Waals surface area contributed by atoms with E-state index in [0.29, 0.717) is 0 Å². The molecule has 0 radical (unpaired) electrons. The number of hydrogen-bond donors (Lipinski definition) is 10. The molecule has 89 heavy (non-hydrogen) atoms. The predicted molar refractivity (Wildman–Crippen MR) is 295 cm³/mol. The van der Waals surface area contributed by atoms with Crippen LogP contribution in [0.15, 0.2) is 0 Å². The Balaban J connectivity index is 1.02. The van der Waals surface area contributed by atoms with E-state index in [9.17, 15) is 69.0 Å². The van der Waals surface area contributed by atoms with Crippen molar-refractivity contribution in [2.45, 2.75) is 215 Å². The highest BCUT2D eigenvalue weighted by Gasteiger charge is 2.55. The first kappa shape index (κ1) is 69.9. The van der Waals surface area contributed by atoms with Crippen molar-refractivity contribution in [3.8, 4) is 0 Å². The summed E-state index contributed by atoms with van der Waals surface area (Å²) in [6.07, 6.45) is -23.0. The van der Waals surface area contributed by atoms with Gasteiger partial charge in [-0.15, -0.1) is 0 Å². The second-order valence-electron chi connectivity index (χ2n) is 25.9. The number of carbonyl (C=O) groups is 8. The summed E-state index contributed by atoms with van der Waals surface area (Å²) in [5, 5.41) is 80.0. The molecule has 0 aromatic rings. The fourth-order valence-electron chi connectivity index (χ4n) is 12.2. The van der Waals surface area contributed by atoms with E-state index in [1.54, 1.807) is 13.8 Å². The zero-order chi connectivity index (χ0) is 65.6. The van der Waals surface area contributed by atoms with Gasteiger partial charge in [-0.3, -0.25) is 19.2 Å². The largest absolute Gasteiger partial charge is 0.390 e. The van der Waals surface area contributed by atoms with Crippen LogP contribution in [0, 0.1) is 17.8 Å². The van der Waals surface area contributed by atoms with Crippen molar-refractivity contribution in [3.63, 3.8) is 0 Å². The minimum Gasteiger partial charge on any atom is -0.390 e. The van der Waals surface area contributed by atoms with Crippen LogP contribution in [0.5, 0.6) is 0 Å². The molecule has 0 spiro atoms. The van der Waals surface area contributed by atoms with Crippen LogP contribution in [0.3, 0.4) is 0 Å². The van der Waals surface area contributed by atoms with Crippen molar-refractivity contribution >= 4 is 47.8 Å². The predicted octanol–water partition coefficient (Wildman–Crippen LogP) is -3.20. The van der Waals surface area contributed by atoms with Crippen molar-refractivity contribution in [2.24, 2.45) is 17.8 Å². The van der Waals surface area contributed by atoms with Gasteiger partial charge in [-0.25, -0.2) is 38.8 Å². The van der Waals surface area contributed by atoms with Gasteiger partial charge in [0.05, 0.1) is 68.1 Å². The zero-order valence-corrected chi connectivity index (χ0v) is 52.0. The van der Waals surface area contributed by atoms with Gasteiger partial charge in [0.1, 0.15) is 92.5 Å². The molecule has 34 nitrogen and oxygen atoms in total. The Morgan fingerprint density at radius 1 is 0.449 bits per heavy atom. The molecular formula is C55H88N8O26. The first-order chi connectivity index (χ1) is 41.7. The fourth-order valence-corrected chi connectivity index (χ4v) is 12.2. The lowest BCUT2D eigenvalue weighted by molar-refractivity contribution is -0.360. The van der Waals surface area contributed by atoms with E-state index in [0.717, 1.165) is 19.6 Å². The Bertz CT molecular complexity index is 2600. The molecule has 10 N–H and O–H groups in total. The molecule has 34 heteroatoms. The normalized spacial score (nSPS) is 38.6.